The van der Waals surface area contributed by atoms with Crippen LogP contribution in [0.1, 0.15) is 89.2 Å². The molecule has 0 unspecified atom stereocenters. The minimum atomic E-state index is -0.521. The predicted octanol–water partition coefficient (Wildman–Crippen LogP) is 21.0. The maximum absolute atomic E-state index is 12.5. The standard InChI is InChI=1S/C23H21N3O3.C16H15N3O3.C14H12N2O2S.C13H12ClNO2.C13H14N2O2.C9H9N3O.C6H5Cl2NO.C6H5Cl2N/c1-16-8-10-19(11-9-16)21-14-24-23(29-21)25-20-12-17(2)26(22(27)13-20)28-15-18-6-4-3-5-7-18;1-10-3-5-12(6-4-10)14-9-17-16(22-14)18-13-7-11(2)19(21)15(20)8-13;1-11-7-13(15-10-19)8-14(17)16(11)18-9-12-5-3-2-4-6-12;2*1-10-7-12(14)8-13(16)15(10)17-9-11-5-3-2-4-6-11;1-7-2-4-8(5-3-7)9(13)6-11-12-10;1-4-2-5(7)3-6(8)9(4)10;1-4-2-5(7)3-6(8)9-4/h3-14H,15H2,1-2H3,(H,24,25);3-9,21H,1-2H3,(H,17,18);2-8H,9H2,1H3;2-8H,9H2,1H3;2-8H,9,14H2,1H3;2-5H,6H2,1H3;2-3H,1H3;2-3H,1H3. The van der Waals surface area contributed by atoms with E-state index >= 15 is 0 Å². The van der Waals surface area contributed by atoms with E-state index in [1.807, 2.05) is 223 Å². The maximum atomic E-state index is 12.5. The van der Waals surface area contributed by atoms with E-state index in [2.05, 4.69) is 58.0 Å². The van der Waals surface area contributed by atoms with Crippen LogP contribution in [0.4, 0.5) is 34.8 Å². The largest absolute Gasteiger partial charge is 0.617 e. The van der Waals surface area contributed by atoms with Crippen LogP contribution in [-0.2, 0) is 26.4 Å². The van der Waals surface area contributed by atoms with Crippen molar-refractivity contribution < 1.29 is 42.9 Å². The third-order valence-electron chi connectivity index (χ3n) is 18.6. The number of pyridine rings is 7. The number of Topliss-reactive ketones (excluding diaryl/α,β-unsaturated/α-hetero) is 1. The zero-order valence-corrected chi connectivity index (χ0v) is 79.8. The highest BCUT2D eigenvalue weighted by molar-refractivity contribution is 7.78. The second-order valence-electron chi connectivity index (χ2n) is 29.7. The first-order chi connectivity index (χ1) is 65.2. The molecule has 0 aliphatic carbocycles. The van der Waals surface area contributed by atoms with Gasteiger partial charge in [-0.05, 0) is 156 Å². The highest BCUT2D eigenvalue weighted by Gasteiger charge is 2.15. The average molecular weight is 1950 g/mol. The molecular formula is C100H93Cl5N16O14S. The number of isothiocyanates is 1. The zero-order chi connectivity index (χ0) is 98.3. The van der Waals surface area contributed by atoms with Crippen molar-refractivity contribution in [3.05, 3.63) is 469 Å². The van der Waals surface area contributed by atoms with Gasteiger partial charge in [0.25, 0.3) is 45.0 Å². The summed E-state index contributed by atoms with van der Waals surface area (Å²) in [6, 6.07) is 84.0. The van der Waals surface area contributed by atoms with E-state index in [-0.39, 0.29) is 45.7 Å². The molecule has 0 atom stereocenters. The molecule has 0 saturated carbocycles. The Labute approximate surface area is 811 Å². The number of nitrogens with zero attached hydrogens (tertiary/aromatic N) is 13. The zero-order valence-electron chi connectivity index (χ0n) is 75.2. The Morgan fingerprint density at radius 3 is 1.25 bits per heavy atom. The molecule has 16 aromatic rings. The number of benzene rings is 7. The van der Waals surface area contributed by atoms with E-state index in [1.165, 1.54) is 66.4 Å². The smallest absolute Gasteiger partial charge is 0.299 e. The average Bonchev–Trinajstić information content (AvgIpc) is 1.76. The molecule has 0 radical (unpaired) electrons. The fourth-order valence-electron chi connectivity index (χ4n) is 12.0. The van der Waals surface area contributed by atoms with Crippen LogP contribution in [0.2, 0.25) is 25.4 Å². The van der Waals surface area contributed by atoms with Crippen LogP contribution in [0.3, 0.4) is 0 Å². The number of thiocarbonyl (C=S) groups is 1. The van der Waals surface area contributed by atoms with Gasteiger partial charge in [0.1, 0.15) is 31.6 Å². The van der Waals surface area contributed by atoms with Crippen molar-refractivity contribution in [2.24, 2.45) is 10.1 Å². The van der Waals surface area contributed by atoms with Gasteiger partial charge in [-0.3, -0.25) is 28.8 Å². The molecule has 0 amide bonds. The molecule has 5 N–H and O–H groups in total. The lowest BCUT2D eigenvalue weighted by molar-refractivity contribution is -0.609. The molecule has 0 aliphatic heterocycles. The topological polar surface area (TPSA) is 387 Å². The van der Waals surface area contributed by atoms with E-state index in [4.69, 9.17) is 97.5 Å². The van der Waals surface area contributed by atoms with Crippen molar-refractivity contribution in [2.45, 2.75) is 95.7 Å². The number of hydrogen-bond acceptors (Lipinski definition) is 23. The molecule has 136 heavy (non-hydrogen) atoms. The normalized spacial score (nSPS) is 10.1. The Hall–Kier alpha value is -15.6. The molecule has 698 valence electrons. The van der Waals surface area contributed by atoms with Gasteiger partial charge in [0, 0.05) is 104 Å². The fraction of sp³-hybridized carbons (Fsp3) is 0.150. The number of aromatic nitrogens is 9. The summed E-state index contributed by atoms with van der Waals surface area (Å²) in [5.74, 6) is 1.14. The molecule has 16 rings (SSSR count). The van der Waals surface area contributed by atoms with Crippen LogP contribution in [0.5, 0.6) is 0 Å². The van der Waals surface area contributed by atoms with Crippen LogP contribution < -0.4 is 68.2 Å². The van der Waals surface area contributed by atoms with Gasteiger partial charge in [-0.25, -0.2) is 15.0 Å². The van der Waals surface area contributed by atoms with E-state index in [0.29, 0.717) is 136 Å². The molecule has 0 aliphatic rings. The van der Waals surface area contributed by atoms with Gasteiger partial charge in [0.15, 0.2) is 23.0 Å². The molecular weight excluding hydrogens is 1860 g/mol. The van der Waals surface area contributed by atoms with Crippen molar-refractivity contribution in [3.63, 3.8) is 0 Å². The Bertz CT molecular complexity index is 6930. The highest BCUT2D eigenvalue weighted by Crippen LogP contribution is 2.28. The molecule has 0 spiro atoms. The molecule has 9 aromatic heterocycles. The number of anilines is 5. The summed E-state index contributed by atoms with van der Waals surface area (Å²) < 4.78 is 17.6. The first-order valence-corrected chi connectivity index (χ1v) is 43.6. The van der Waals surface area contributed by atoms with Crippen LogP contribution in [0.15, 0.2) is 334 Å². The van der Waals surface area contributed by atoms with Crippen molar-refractivity contribution >= 4 is 116 Å². The third kappa shape index (κ3) is 33.9. The number of nitrogen functional groups attached to an aromatic ring is 1. The van der Waals surface area contributed by atoms with Gasteiger partial charge in [-0.2, -0.15) is 14.5 Å². The first kappa shape index (κ1) is 104. The Balaban J connectivity index is 0.000000178. The number of azide groups is 1. The van der Waals surface area contributed by atoms with Gasteiger partial charge in [-0.15, -0.1) is 18.9 Å². The third-order valence-corrected chi connectivity index (χ3v) is 19.8. The lowest BCUT2D eigenvalue weighted by atomic mass is 10.1. The summed E-state index contributed by atoms with van der Waals surface area (Å²) in [5, 5.41) is 33.7. The van der Waals surface area contributed by atoms with Crippen molar-refractivity contribution in [1.82, 2.24) is 38.6 Å². The number of nitrogens with two attached hydrogens (primary N) is 1. The highest BCUT2D eigenvalue weighted by atomic mass is 35.5. The number of oxazole rings is 2. The minimum Gasteiger partial charge on any atom is -0.617 e. The Kier molecular flexibility index (Phi) is 40.3. The first-order valence-electron chi connectivity index (χ1n) is 41.3. The second-order valence-corrected chi connectivity index (χ2v) is 32.0. The number of halogens is 5. The number of aryl methyl sites for hydroxylation is 10. The molecule has 0 fully saturated rings. The number of nitrogens with one attached hydrogen (secondary N) is 2. The van der Waals surface area contributed by atoms with Crippen LogP contribution in [0.25, 0.3) is 33.1 Å². The number of rotatable bonds is 22. The number of carbonyl (C=O) groups excluding carboxylic acids is 1. The summed E-state index contributed by atoms with van der Waals surface area (Å²) in [7, 11) is 0. The second kappa shape index (κ2) is 52.6. The molecule has 30 nitrogen and oxygen atoms in total. The van der Waals surface area contributed by atoms with Gasteiger partial charge in [0.05, 0.1) is 63.3 Å². The monoisotopic (exact) mass is 1950 g/mol. The number of hydrogen-bond donors (Lipinski definition) is 4. The molecule has 7 aromatic carbocycles. The summed E-state index contributed by atoms with van der Waals surface area (Å²) in [5.41, 5.74) is 28.4. The summed E-state index contributed by atoms with van der Waals surface area (Å²) in [4.78, 5) is 111. The molecule has 0 bridgehead atoms. The maximum Gasteiger partial charge on any atom is 0.299 e. The van der Waals surface area contributed by atoms with E-state index in [9.17, 15) is 39.2 Å². The van der Waals surface area contributed by atoms with Crippen molar-refractivity contribution in [3.8, 4) is 22.6 Å². The summed E-state index contributed by atoms with van der Waals surface area (Å²) in [6.07, 6.45) is 3.27. The number of ketones is 1. The molecule has 9 heterocycles. The predicted molar refractivity (Wildman–Crippen MR) is 534 cm³/mol. The van der Waals surface area contributed by atoms with E-state index in [0.717, 1.165) is 44.6 Å². The fourth-order valence-corrected chi connectivity index (χ4v) is 13.5. The van der Waals surface area contributed by atoms with Gasteiger partial charge in [0.2, 0.25) is 0 Å². The molecule has 0 saturated heterocycles. The Morgan fingerprint density at radius 1 is 0.478 bits per heavy atom. The molecule has 36 heteroatoms. The number of aliphatic imine (C=N–C) groups is 1. The van der Waals surface area contributed by atoms with Crippen LogP contribution in [0, 0.1) is 74.4 Å². The van der Waals surface area contributed by atoms with Gasteiger partial charge >= 0.3 is 0 Å². The van der Waals surface area contributed by atoms with Crippen molar-refractivity contribution in [1.29, 1.82) is 0 Å². The lowest BCUT2D eigenvalue weighted by Crippen LogP contribution is -2.30. The van der Waals surface area contributed by atoms with E-state index < -0.39 is 5.56 Å². The SMILES string of the molecule is Cc1cc(Cl)cc(=O)n1OCc1ccccc1.Cc1cc(Cl)cc(Cl)[n+]1[O-].Cc1cc(Cl)cc(Cl)n1.Cc1cc(N)cc(=O)n1OCc1ccccc1.Cc1cc(N=C=S)cc(=O)n1OCc1ccccc1.Cc1ccc(-c2cnc(Nc3cc(C)n(O)c(=O)c3)o2)cc1.Cc1ccc(-c2cnc(Nc3cc(C)n(OCc4ccccc4)c(=O)c3)o2)cc1.Cc1ccc(C(=O)CN=[N+]=[N-])cc1. The quantitative estimate of drug-likeness (QED) is 0.00468. The van der Waals surface area contributed by atoms with E-state index in [1.54, 1.807) is 102 Å². The van der Waals surface area contributed by atoms with Crippen LogP contribution in [-0.4, -0.2) is 61.3 Å². The van der Waals surface area contributed by atoms with Gasteiger partial charge in [-0.1, -0.05) is 262 Å². The summed E-state index contributed by atoms with van der Waals surface area (Å²) in [6.45, 7) is 19.5. The van der Waals surface area contributed by atoms with Crippen LogP contribution >= 0.6 is 70.2 Å². The minimum absolute atomic E-state index is 0.102. The summed E-state index contributed by atoms with van der Waals surface area (Å²) >= 11 is 32.5. The Morgan fingerprint density at radius 2 is 0.860 bits per heavy atom. The van der Waals surface area contributed by atoms with Crippen molar-refractivity contribution in [2.75, 3.05) is 22.9 Å². The van der Waals surface area contributed by atoms with Gasteiger partial charge < -0.3 is 55.0 Å². The lowest BCUT2D eigenvalue weighted by Gasteiger charge is -2.12. The number of carbonyl (C=O) groups is 1.